The molecule has 26 heavy (non-hydrogen) atoms. The molecule has 0 bridgehead atoms. The van der Waals surface area contributed by atoms with Crippen molar-refractivity contribution in [3.63, 3.8) is 0 Å². The van der Waals surface area contributed by atoms with E-state index in [9.17, 15) is 0 Å². The highest BCUT2D eigenvalue weighted by molar-refractivity contribution is 5.45. The number of hydrogen-bond acceptors (Lipinski definition) is 3. The van der Waals surface area contributed by atoms with Gasteiger partial charge in [0.2, 0.25) is 0 Å². The summed E-state index contributed by atoms with van der Waals surface area (Å²) >= 11 is 0. The summed E-state index contributed by atoms with van der Waals surface area (Å²) in [4.78, 5) is 0. The molecule has 4 heteroatoms. The molecule has 1 unspecified atom stereocenters. The van der Waals surface area contributed by atoms with Crippen LogP contribution in [0.2, 0.25) is 0 Å². The molecule has 1 aliphatic rings. The van der Waals surface area contributed by atoms with Crippen molar-refractivity contribution in [3.05, 3.63) is 59.6 Å². The van der Waals surface area contributed by atoms with Crippen molar-refractivity contribution >= 4 is 5.69 Å². The van der Waals surface area contributed by atoms with Crippen LogP contribution in [0.1, 0.15) is 69.7 Å². The average molecular weight is 357 g/mol. The molecule has 0 saturated heterocycles. The summed E-state index contributed by atoms with van der Waals surface area (Å²) < 4.78 is 1.89. The smallest absolute Gasteiger partial charge is 0.0797 e. The van der Waals surface area contributed by atoms with Gasteiger partial charge in [-0.1, -0.05) is 52.8 Å². The maximum atomic E-state index is 5.99. The van der Waals surface area contributed by atoms with Crippen molar-refractivity contribution in [2.75, 3.05) is 5.73 Å². The van der Waals surface area contributed by atoms with Gasteiger partial charge in [-0.3, -0.25) is 4.68 Å². The largest absolute Gasteiger partial charge is 0.401 e. The first-order valence-electron chi connectivity index (χ1n) is 9.87. The highest BCUT2D eigenvalue weighted by atomic mass is 15.3. The van der Waals surface area contributed by atoms with E-state index in [0.717, 1.165) is 11.4 Å². The highest BCUT2D eigenvalue weighted by Crippen LogP contribution is 2.43. The number of hydrogen-bond donors (Lipinski definition) is 2. The minimum Gasteiger partial charge on any atom is -0.401 e. The van der Waals surface area contributed by atoms with Gasteiger partial charge in [0.05, 0.1) is 12.2 Å². The molecule has 1 heterocycles. The molecule has 4 N–H and O–H groups in total. The molecular formula is C22H36N4. The number of anilines is 1. The minimum absolute atomic E-state index is 0.324. The predicted octanol–water partition coefficient (Wildman–Crippen LogP) is 5.23. The zero-order chi connectivity index (χ0) is 19.7. The lowest BCUT2D eigenvalue weighted by Crippen LogP contribution is -2.22. The summed E-state index contributed by atoms with van der Waals surface area (Å²) in [5, 5.41) is 4.79. The van der Waals surface area contributed by atoms with Crippen molar-refractivity contribution in [3.8, 4) is 0 Å². The van der Waals surface area contributed by atoms with Crippen LogP contribution in [0.5, 0.6) is 0 Å². The van der Waals surface area contributed by atoms with Gasteiger partial charge in [0.15, 0.2) is 0 Å². The zero-order valence-corrected chi connectivity index (χ0v) is 17.1. The van der Waals surface area contributed by atoms with Gasteiger partial charge >= 0.3 is 0 Å². The second-order valence-corrected chi connectivity index (χ2v) is 6.39. The molecule has 0 radical (unpaired) electrons. The van der Waals surface area contributed by atoms with Gasteiger partial charge in [0.1, 0.15) is 0 Å². The molecule has 4 nitrogen and oxygen atoms in total. The lowest BCUT2D eigenvalue weighted by atomic mass is 9.71. The standard InChI is InChI=1S/C18H24N4.2C2H6/c1-12-10-22(11-13(2)19)21-18(12)17(14-5-3-6-14)15-7-4-8-16(20)9-15;2*1-2/h4,7-10,14,17H,2-3,5-6,11,19-20H2,1H3;2*1-2H3. The maximum absolute atomic E-state index is 5.99. The van der Waals surface area contributed by atoms with E-state index in [1.807, 2.05) is 44.5 Å². The molecule has 1 aromatic carbocycles. The summed E-state index contributed by atoms with van der Waals surface area (Å²) in [7, 11) is 0. The van der Waals surface area contributed by atoms with E-state index < -0.39 is 0 Å². The minimum atomic E-state index is 0.324. The molecule has 1 saturated carbocycles. The number of benzene rings is 1. The van der Waals surface area contributed by atoms with E-state index in [0.29, 0.717) is 24.1 Å². The summed E-state index contributed by atoms with van der Waals surface area (Å²) in [5.74, 6) is 0.981. The van der Waals surface area contributed by atoms with Gasteiger partial charge in [0.25, 0.3) is 0 Å². The number of nitrogens with zero attached hydrogens (tertiary/aromatic N) is 2. The third-order valence-electron chi connectivity index (χ3n) is 4.53. The number of rotatable bonds is 5. The SMILES string of the molecule is C=C(N)Cn1cc(C)c(C(c2cccc(N)c2)C2CCC2)n1.CC.CC. The van der Waals surface area contributed by atoms with Crippen molar-refractivity contribution in [1.82, 2.24) is 9.78 Å². The Hall–Kier alpha value is -2.23. The number of nitrogen functional groups attached to an aromatic ring is 1. The van der Waals surface area contributed by atoms with Gasteiger partial charge < -0.3 is 11.5 Å². The third-order valence-corrected chi connectivity index (χ3v) is 4.53. The van der Waals surface area contributed by atoms with E-state index in [2.05, 4.69) is 31.8 Å². The molecular weight excluding hydrogens is 320 g/mol. The summed E-state index contributed by atoms with van der Waals surface area (Å²) in [6, 6.07) is 8.22. The molecule has 1 atom stereocenters. The molecule has 1 fully saturated rings. The summed E-state index contributed by atoms with van der Waals surface area (Å²) in [6.07, 6.45) is 5.89. The zero-order valence-electron chi connectivity index (χ0n) is 17.1. The molecule has 0 aliphatic heterocycles. The first kappa shape index (κ1) is 21.8. The fraction of sp³-hybridized carbons (Fsp3) is 0.500. The molecule has 1 aliphatic carbocycles. The Bertz CT molecular complexity index is 683. The van der Waals surface area contributed by atoms with E-state index >= 15 is 0 Å². The van der Waals surface area contributed by atoms with Crippen molar-refractivity contribution in [1.29, 1.82) is 0 Å². The lowest BCUT2D eigenvalue weighted by Gasteiger charge is -2.33. The normalized spacial score (nSPS) is 14.2. The van der Waals surface area contributed by atoms with E-state index in [-0.39, 0.29) is 0 Å². The molecule has 0 amide bonds. The van der Waals surface area contributed by atoms with Gasteiger partial charge in [0, 0.05) is 23.5 Å². The van der Waals surface area contributed by atoms with Crippen molar-refractivity contribution in [2.24, 2.45) is 11.7 Å². The van der Waals surface area contributed by atoms with E-state index in [4.69, 9.17) is 16.6 Å². The van der Waals surface area contributed by atoms with Crippen molar-refractivity contribution in [2.45, 2.75) is 66.3 Å². The number of aryl methyl sites for hydroxylation is 1. The molecule has 1 aromatic heterocycles. The van der Waals surface area contributed by atoms with Crippen LogP contribution < -0.4 is 11.5 Å². The molecule has 3 rings (SSSR count). The monoisotopic (exact) mass is 356 g/mol. The third kappa shape index (κ3) is 5.38. The van der Waals surface area contributed by atoms with Crippen LogP contribution in [-0.4, -0.2) is 9.78 Å². The quantitative estimate of drug-likeness (QED) is 0.721. The van der Waals surface area contributed by atoms with Crippen LogP contribution in [0, 0.1) is 12.8 Å². The molecule has 2 aromatic rings. The molecule has 144 valence electrons. The predicted molar refractivity (Wildman–Crippen MR) is 113 cm³/mol. The molecule has 0 spiro atoms. The van der Waals surface area contributed by atoms with E-state index in [1.165, 1.54) is 30.4 Å². The van der Waals surface area contributed by atoms with Gasteiger partial charge in [-0.05, 0) is 48.9 Å². The van der Waals surface area contributed by atoms with Crippen molar-refractivity contribution < 1.29 is 0 Å². The van der Waals surface area contributed by atoms with Gasteiger partial charge in [-0.15, -0.1) is 0 Å². The Balaban J connectivity index is 0.000000791. The van der Waals surface area contributed by atoms with E-state index in [1.54, 1.807) is 0 Å². The van der Waals surface area contributed by atoms with Gasteiger partial charge in [-0.2, -0.15) is 5.10 Å². The topological polar surface area (TPSA) is 69.9 Å². The fourth-order valence-corrected chi connectivity index (χ4v) is 3.31. The highest BCUT2D eigenvalue weighted by Gasteiger charge is 2.32. The van der Waals surface area contributed by atoms with Crippen LogP contribution in [-0.2, 0) is 6.54 Å². The van der Waals surface area contributed by atoms with Gasteiger partial charge in [-0.25, -0.2) is 0 Å². The van der Waals surface area contributed by atoms with Crippen LogP contribution >= 0.6 is 0 Å². The Morgan fingerprint density at radius 3 is 2.42 bits per heavy atom. The Labute approximate surface area is 159 Å². The number of aromatic nitrogens is 2. The maximum Gasteiger partial charge on any atom is 0.0797 e. The first-order valence-corrected chi connectivity index (χ1v) is 9.87. The first-order chi connectivity index (χ1) is 12.5. The lowest BCUT2D eigenvalue weighted by molar-refractivity contribution is 0.279. The Morgan fingerprint density at radius 1 is 1.27 bits per heavy atom. The average Bonchev–Trinajstić information content (AvgIpc) is 2.93. The number of nitrogens with two attached hydrogens (primary N) is 2. The second-order valence-electron chi connectivity index (χ2n) is 6.39. The summed E-state index contributed by atoms with van der Waals surface area (Å²) in [5.41, 5.74) is 16.8. The van der Waals surface area contributed by atoms with Crippen LogP contribution in [0.3, 0.4) is 0 Å². The van der Waals surface area contributed by atoms with Crippen LogP contribution in [0.15, 0.2) is 42.7 Å². The number of allylic oxidation sites excluding steroid dienone is 1. The van der Waals surface area contributed by atoms with Crippen LogP contribution in [0.25, 0.3) is 0 Å². The second kappa shape index (κ2) is 10.7. The summed E-state index contributed by atoms with van der Waals surface area (Å²) in [6.45, 7) is 14.5. The Morgan fingerprint density at radius 2 is 1.92 bits per heavy atom. The Kier molecular flexibility index (Phi) is 8.97. The fourth-order valence-electron chi connectivity index (χ4n) is 3.31. The van der Waals surface area contributed by atoms with Crippen LogP contribution in [0.4, 0.5) is 5.69 Å².